The van der Waals surface area contributed by atoms with Crippen LogP contribution in [0.5, 0.6) is 0 Å². The molecule has 24 heavy (non-hydrogen) atoms. The summed E-state index contributed by atoms with van der Waals surface area (Å²) in [7, 11) is 1.27. The predicted octanol–water partition coefficient (Wildman–Crippen LogP) is 1.44. The Balaban J connectivity index is 2.17. The smallest absolute Gasteiger partial charge is 0.344 e. The van der Waals surface area contributed by atoms with Gasteiger partial charge in [0.15, 0.2) is 5.78 Å². The van der Waals surface area contributed by atoms with E-state index in [1.165, 1.54) is 19.3 Å². The van der Waals surface area contributed by atoms with E-state index in [0.717, 1.165) is 0 Å². The molecule has 0 radical (unpaired) electrons. The van der Waals surface area contributed by atoms with Crippen LogP contribution < -0.4 is 0 Å². The molecule has 0 amide bonds. The van der Waals surface area contributed by atoms with Crippen LogP contribution in [0.4, 0.5) is 0 Å². The van der Waals surface area contributed by atoms with Crippen LogP contribution in [0.2, 0.25) is 0 Å². The highest BCUT2D eigenvalue weighted by molar-refractivity contribution is 6.19. The number of carbonyl (C=O) groups is 3. The minimum absolute atomic E-state index is 0.252. The molecule has 0 N–H and O–H groups in total. The number of hydrogen-bond donors (Lipinski definition) is 0. The SMILES string of the molecule is COC(=O)C1=C[C@@]2(C(=O)OC(C)(C)C)C(=O)C=CC3=CC=C[C@@H]1N32. The number of nitrogens with zero attached hydrogens (tertiary/aromatic N) is 1. The summed E-state index contributed by atoms with van der Waals surface area (Å²) in [5.41, 5.74) is -1.52. The van der Waals surface area contributed by atoms with Gasteiger partial charge in [-0.3, -0.25) is 4.79 Å². The Hall–Kier alpha value is -2.63. The first-order chi connectivity index (χ1) is 11.2. The fourth-order valence-electron chi connectivity index (χ4n) is 3.16. The first-order valence-corrected chi connectivity index (χ1v) is 7.65. The first-order valence-electron chi connectivity index (χ1n) is 7.65. The lowest BCUT2D eigenvalue weighted by Gasteiger charge is -2.43. The molecule has 6 heteroatoms. The third-order valence-corrected chi connectivity index (χ3v) is 4.09. The lowest BCUT2D eigenvalue weighted by Crippen LogP contribution is -2.60. The molecule has 3 aliphatic rings. The zero-order valence-electron chi connectivity index (χ0n) is 14.0. The topological polar surface area (TPSA) is 72.9 Å². The van der Waals surface area contributed by atoms with Crippen molar-refractivity contribution in [1.29, 1.82) is 0 Å². The molecular formula is C18H19NO5. The number of rotatable bonds is 2. The molecule has 3 heterocycles. The van der Waals surface area contributed by atoms with E-state index in [0.29, 0.717) is 5.70 Å². The molecule has 3 rings (SSSR count). The number of carbonyl (C=O) groups excluding carboxylic acids is 3. The quantitative estimate of drug-likeness (QED) is 0.564. The molecule has 3 aliphatic heterocycles. The fraction of sp³-hybridized carbons (Fsp3) is 0.389. The zero-order valence-corrected chi connectivity index (χ0v) is 14.0. The Kier molecular flexibility index (Phi) is 3.51. The van der Waals surface area contributed by atoms with Gasteiger partial charge in [0.2, 0.25) is 5.54 Å². The van der Waals surface area contributed by atoms with E-state index in [1.807, 2.05) is 0 Å². The van der Waals surface area contributed by atoms with Gasteiger partial charge in [0.05, 0.1) is 18.7 Å². The van der Waals surface area contributed by atoms with Crippen LogP contribution >= 0.6 is 0 Å². The van der Waals surface area contributed by atoms with Crippen molar-refractivity contribution < 1.29 is 23.9 Å². The summed E-state index contributed by atoms with van der Waals surface area (Å²) in [5.74, 6) is -1.71. The molecule has 0 aromatic heterocycles. The monoisotopic (exact) mass is 329 g/mol. The average molecular weight is 329 g/mol. The predicted molar refractivity (Wildman–Crippen MR) is 85.7 cm³/mol. The summed E-state index contributed by atoms with van der Waals surface area (Å²) in [6, 6.07) is -0.543. The van der Waals surface area contributed by atoms with Gasteiger partial charge in [-0.25, -0.2) is 9.59 Å². The number of esters is 2. The van der Waals surface area contributed by atoms with Gasteiger partial charge in [0.25, 0.3) is 0 Å². The molecule has 0 spiro atoms. The fourth-order valence-corrected chi connectivity index (χ4v) is 3.16. The van der Waals surface area contributed by atoms with Crippen molar-refractivity contribution >= 4 is 17.7 Å². The van der Waals surface area contributed by atoms with E-state index in [-0.39, 0.29) is 5.57 Å². The minimum Gasteiger partial charge on any atom is -0.466 e. The summed E-state index contributed by atoms with van der Waals surface area (Å²) in [6.45, 7) is 5.19. The largest absolute Gasteiger partial charge is 0.466 e. The van der Waals surface area contributed by atoms with E-state index in [1.54, 1.807) is 50.0 Å². The van der Waals surface area contributed by atoms with Crippen LogP contribution in [-0.2, 0) is 23.9 Å². The molecule has 0 saturated carbocycles. The number of hydrogen-bond acceptors (Lipinski definition) is 6. The van der Waals surface area contributed by atoms with Gasteiger partial charge in [0.1, 0.15) is 5.60 Å². The third-order valence-electron chi connectivity index (χ3n) is 4.09. The van der Waals surface area contributed by atoms with E-state index < -0.39 is 34.9 Å². The van der Waals surface area contributed by atoms with Crippen LogP contribution in [0.3, 0.4) is 0 Å². The van der Waals surface area contributed by atoms with E-state index in [9.17, 15) is 14.4 Å². The van der Waals surface area contributed by atoms with E-state index >= 15 is 0 Å². The molecule has 0 unspecified atom stereocenters. The number of ether oxygens (including phenoxy) is 2. The van der Waals surface area contributed by atoms with Gasteiger partial charge in [-0.1, -0.05) is 12.2 Å². The van der Waals surface area contributed by atoms with Crippen molar-refractivity contribution in [3.63, 3.8) is 0 Å². The maximum atomic E-state index is 12.9. The van der Waals surface area contributed by atoms with Crippen LogP contribution in [0, 0.1) is 0 Å². The second kappa shape index (κ2) is 5.19. The minimum atomic E-state index is -1.67. The molecule has 2 atom stereocenters. The molecular weight excluding hydrogens is 310 g/mol. The molecule has 6 nitrogen and oxygen atoms in total. The Morgan fingerprint density at radius 2 is 1.96 bits per heavy atom. The van der Waals surface area contributed by atoms with Crippen molar-refractivity contribution in [3.8, 4) is 0 Å². The summed E-state index contributed by atoms with van der Waals surface area (Å²) >= 11 is 0. The van der Waals surface area contributed by atoms with Crippen LogP contribution in [0.1, 0.15) is 20.8 Å². The van der Waals surface area contributed by atoms with Crippen molar-refractivity contribution in [2.24, 2.45) is 0 Å². The molecule has 126 valence electrons. The number of methoxy groups -OCH3 is 1. The summed E-state index contributed by atoms with van der Waals surface area (Å²) in [6.07, 6.45) is 9.69. The lowest BCUT2D eigenvalue weighted by atomic mass is 9.88. The number of ketones is 1. The Labute approximate surface area is 140 Å². The highest BCUT2D eigenvalue weighted by atomic mass is 16.6. The van der Waals surface area contributed by atoms with Crippen molar-refractivity contribution in [3.05, 3.63) is 47.7 Å². The molecule has 0 saturated heterocycles. The van der Waals surface area contributed by atoms with Crippen molar-refractivity contribution in [1.82, 2.24) is 4.90 Å². The van der Waals surface area contributed by atoms with Gasteiger partial charge in [-0.15, -0.1) is 0 Å². The van der Waals surface area contributed by atoms with Crippen molar-refractivity contribution in [2.75, 3.05) is 7.11 Å². The summed E-state index contributed by atoms with van der Waals surface area (Å²) in [5, 5.41) is 0. The number of allylic oxidation sites excluding steroid dienone is 3. The summed E-state index contributed by atoms with van der Waals surface area (Å²) in [4.78, 5) is 39.5. The first kappa shape index (κ1) is 16.2. The lowest BCUT2D eigenvalue weighted by molar-refractivity contribution is -0.167. The van der Waals surface area contributed by atoms with Gasteiger partial charge in [-0.05, 0) is 45.1 Å². The normalized spacial score (nSPS) is 27.4. The van der Waals surface area contributed by atoms with Crippen LogP contribution in [0.15, 0.2) is 47.7 Å². The van der Waals surface area contributed by atoms with Gasteiger partial charge in [-0.2, -0.15) is 0 Å². The zero-order chi connectivity index (χ0) is 17.7. The maximum Gasteiger partial charge on any atom is 0.344 e. The maximum absolute atomic E-state index is 12.9. The molecule has 0 fully saturated rings. The Morgan fingerprint density at radius 1 is 1.25 bits per heavy atom. The molecule has 0 aliphatic carbocycles. The highest BCUT2D eigenvalue weighted by Gasteiger charge is 2.60. The van der Waals surface area contributed by atoms with Crippen LogP contribution in [-0.4, -0.2) is 46.9 Å². The van der Waals surface area contributed by atoms with Crippen LogP contribution in [0.25, 0.3) is 0 Å². The average Bonchev–Trinajstić information content (AvgIpc) is 2.87. The standard InChI is InChI=1S/C18H19NO5/c1-17(2,3)24-16(22)18-10-12(15(21)23-4)13-7-5-6-11(19(13)18)8-9-14(18)20/h5-10,13H,1-4H3/t13-,18-/m0/s1. The highest BCUT2D eigenvalue weighted by Crippen LogP contribution is 2.43. The van der Waals surface area contributed by atoms with Gasteiger partial charge >= 0.3 is 11.9 Å². The van der Waals surface area contributed by atoms with Crippen molar-refractivity contribution in [2.45, 2.75) is 38.0 Å². The van der Waals surface area contributed by atoms with Gasteiger partial charge < -0.3 is 14.4 Å². The second-order valence-electron chi connectivity index (χ2n) is 6.85. The molecule has 0 bridgehead atoms. The summed E-state index contributed by atoms with van der Waals surface area (Å²) < 4.78 is 10.3. The molecule has 0 aromatic carbocycles. The van der Waals surface area contributed by atoms with Gasteiger partial charge in [0, 0.05) is 5.70 Å². The van der Waals surface area contributed by atoms with E-state index in [4.69, 9.17) is 9.47 Å². The molecule has 0 aromatic rings. The Morgan fingerprint density at radius 3 is 2.58 bits per heavy atom. The second-order valence-corrected chi connectivity index (χ2v) is 6.85. The Bertz CT molecular complexity index is 750. The van der Waals surface area contributed by atoms with E-state index in [2.05, 4.69) is 0 Å². The third kappa shape index (κ3) is 2.21.